The molecule has 0 aromatic carbocycles. The molecule has 0 aliphatic heterocycles. The number of pyridine rings is 1. The van der Waals surface area contributed by atoms with Gasteiger partial charge in [-0.3, -0.25) is 4.79 Å². The van der Waals surface area contributed by atoms with Gasteiger partial charge in [-0.25, -0.2) is 4.98 Å². The lowest BCUT2D eigenvalue weighted by atomic mass is 10.3. The minimum absolute atomic E-state index is 0.0527. The van der Waals surface area contributed by atoms with Crippen LogP contribution in [0.2, 0.25) is 5.02 Å². The van der Waals surface area contributed by atoms with Crippen LogP contribution in [0.1, 0.15) is 19.8 Å². The van der Waals surface area contributed by atoms with Crippen molar-refractivity contribution in [1.82, 2.24) is 4.98 Å². The topological polar surface area (TPSA) is 42.0 Å². The summed E-state index contributed by atoms with van der Waals surface area (Å²) >= 11 is 5.79. The smallest absolute Gasteiger partial charge is 0.225 e. The Morgan fingerprint density at radius 2 is 2.46 bits per heavy atom. The van der Waals surface area contributed by atoms with Crippen molar-refractivity contribution >= 4 is 23.3 Å². The van der Waals surface area contributed by atoms with Gasteiger partial charge in [0, 0.05) is 12.6 Å². The van der Waals surface area contributed by atoms with Gasteiger partial charge < -0.3 is 5.32 Å². The van der Waals surface area contributed by atoms with E-state index in [1.165, 1.54) is 0 Å². The number of nitrogens with one attached hydrogen (secondary N) is 1. The number of carbonyl (C=O) groups excluding carboxylic acids is 1. The van der Waals surface area contributed by atoms with Crippen molar-refractivity contribution in [1.29, 1.82) is 0 Å². The van der Waals surface area contributed by atoms with Crippen molar-refractivity contribution in [3.63, 3.8) is 0 Å². The van der Waals surface area contributed by atoms with Gasteiger partial charge in [0.05, 0.1) is 5.02 Å². The average molecular weight is 199 g/mol. The van der Waals surface area contributed by atoms with Crippen LogP contribution in [0.15, 0.2) is 18.3 Å². The SMILES string of the molecule is CCCC(=O)Nc1ncccc1Cl. The van der Waals surface area contributed by atoms with E-state index in [2.05, 4.69) is 10.3 Å². The standard InChI is InChI=1S/C9H11ClN2O/c1-2-4-8(13)12-9-7(10)5-3-6-11-9/h3,5-6H,2,4H2,1H3,(H,11,12,13). The third-order valence-corrected chi connectivity index (χ3v) is 1.80. The van der Waals surface area contributed by atoms with Gasteiger partial charge in [0.25, 0.3) is 0 Å². The molecule has 70 valence electrons. The van der Waals surface area contributed by atoms with Crippen molar-refractivity contribution in [3.8, 4) is 0 Å². The number of hydrogen-bond acceptors (Lipinski definition) is 2. The van der Waals surface area contributed by atoms with Crippen LogP contribution >= 0.6 is 11.6 Å². The number of nitrogens with zero attached hydrogens (tertiary/aromatic N) is 1. The number of halogens is 1. The van der Waals surface area contributed by atoms with Gasteiger partial charge in [-0.05, 0) is 18.6 Å². The summed E-state index contributed by atoms with van der Waals surface area (Å²) in [4.78, 5) is 15.1. The van der Waals surface area contributed by atoms with Crippen molar-refractivity contribution < 1.29 is 4.79 Å². The number of rotatable bonds is 3. The maximum absolute atomic E-state index is 11.2. The van der Waals surface area contributed by atoms with Crippen molar-refractivity contribution in [2.24, 2.45) is 0 Å². The molecule has 1 N–H and O–H groups in total. The molecule has 0 bridgehead atoms. The lowest BCUT2D eigenvalue weighted by Crippen LogP contribution is -2.11. The van der Waals surface area contributed by atoms with Crippen molar-refractivity contribution in [3.05, 3.63) is 23.4 Å². The summed E-state index contributed by atoms with van der Waals surface area (Å²) in [5, 5.41) is 3.09. The predicted molar refractivity (Wildman–Crippen MR) is 52.8 cm³/mol. The van der Waals surface area contributed by atoms with Crippen LogP contribution in [0.25, 0.3) is 0 Å². The Balaban J connectivity index is 2.63. The molecule has 1 aromatic rings. The number of amides is 1. The van der Waals surface area contributed by atoms with Crippen LogP contribution in [-0.2, 0) is 4.79 Å². The highest BCUT2D eigenvalue weighted by Gasteiger charge is 2.04. The van der Waals surface area contributed by atoms with E-state index in [4.69, 9.17) is 11.6 Å². The average Bonchev–Trinajstić information content (AvgIpc) is 2.09. The van der Waals surface area contributed by atoms with Crippen LogP contribution in [0, 0.1) is 0 Å². The Bertz CT molecular complexity index is 301. The summed E-state index contributed by atoms with van der Waals surface area (Å²) in [6.45, 7) is 1.94. The molecule has 0 unspecified atom stereocenters. The van der Waals surface area contributed by atoms with E-state index in [0.717, 1.165) is 6.42 Å². The minimum Gasteiger partial charge on any atom is -0.309 e. The van der Waals surface area contributed by atoms with Crippen molar-refractivity contribution in [2.75, 3.05) is 5.32 Å². The van der Waals surface area contributed by atoms with E-state index in [-0.39, 0.29) is 5.91 Å². The maximum Gasteiger partial charge on any atom is 0.225 e. The summed E-state index contributed by atoms with van der Waals surface area (Å²) in [5.41, 5.74) is 0. The zero-order valence-electron chi connectivity index (χ0n) is 7.38. The van der Waals surface area contributed by atoms with Gasteiger partial charge in [0.2, 0.25) is 5.91 Å². The van der Waals surface area contributed by atoms with E-state index in [1.54, 1.807) is 18.3 Å². The van der Waals surface area contributed by atoms with Crippen LogP contribution in [0.3, 0.4) is 0 Å². The molecule has 0 radical (unpaired) electrons. The zero-order chi connectivity index (χ0) is 9.68. The van der Waals surface area contributed by atoms with E-state index in [9.17, 15) is 4.79 Å². The molecule has 1 aromatic heterocycles. The fourth-order valence-corrected chi connectivity index (χ4v) is 1.07. The van der Waals surface area contributed by atoms with Crippen LogP contribution in [-0.4, -0.2) is 10.9 Å². The first kappa shape index (κ1) is 9.99. The fraction of sp³-hybridized carbons (Fsp3) is 0.333. The van der Waals surface area contributed by atoms with Gasteiger partial charge in [-0.2, -0.15) is 0 Å². The van der Waals surface area contributed by atoms with Gasteiger partial charge in [0.1, 0.15) is 0 Å². The predicted octanol–water partition coefficient (Wildman–Crippen LogP) is 2.47. The van der Waals surface area contributed by atoms with Crippen LogP contribution in [0.4, 0.5) is 5.82 Å². The Labute approximate surface area is 82.1 Å². The second-order valence-electron chi connectivity index (χ2n) is 2.63. The molecule has 1 heterocycles. The third kappa shape index (κ3) is 3.03. The summed E-state index contributed by atoms with van der Waals surface area (Å²) in [6, 6.07) is 3.41. The Morgan fingerprint density at radius 1 is 1.69 bits per heavy atom. The highest BCUT2D eigenvalue weighted by molar-refractivity contribution is 6.33. The largest absolute Gasteiger partial charge is 0.309 e. The van der Waals surface area contributed by atoms with E-state index in [0.29, 0.717) is 17.3 Å². The second-order valence-corrected chi connectivity index (χ2v) is 3.04. The van der Waals surface area contributed by atoms with Crippen LogP contribution < -0.4 is 5.32 Å². The highest BCUT2D eigenvalue weighted by Crippen LogP contribution is 2.17. The van der Waals surface area contributed by atoms with Crippen LogP contribution in [0.5, 0.6) is 0 Å². The number of aromatic nitrogens is 1. The normalized spacial score (nSPS) is 9.69. The number of carbonyl (C=O) groups is 1. The molecule has 1 rings (SSSR count). The lowest BCUT2D eigenvalue weighted by molar-refractivity contribution is -0.116. The van der Waals surface area contributed by atoms with E-state index in [1.807, 2.05) is 6.92 Å². The summed E-state index contributed by atoms with van der Waals surface area (Å²) < 4.78 is 0. The molecular weight excluding hydrogens is 188 g/mol. The number of anilines is 1. The molecule has 1 amide bonds. The van der Waals surface area contributed by atoms with E-state index >= 15 is 0 Å². The molecule has 0 aliphatic carbocycles. The molecule has 0 fully saturated rings. The molecule has 4 heteroatoms. The summed E-state index contributed by atoms with van der Waals surface area (Å²) in [6.07, 6.45) is 2.90. The molecule has 13 heavy (non-hydrogen) atoms. The molecule has 3 nitrogen and oxygen atoms in total. The second kappa shape index (κ2) is 4.82. The summed E-state index contributed by atoms with van der Waals surface area (Å²) in [7, 11) is 0. The first-order valence-electron chi connectivity index (χ1n) is 4.14. The Kier molecular flexibility index (Phi) is 3.71. The van der Waals surface area contributed by atoms with Gasteiger partial charge in [-0.15, -0.1) is 0 Å². The third-order valence-electron chi connectivity index (χ3n) is 1.49. The molecule has 0 saturated carbocycles. The molecule has 0 saturated heterocycles. The number of hydrogen-bond donors (Lipinski definition) is 1. The lowest BCUT2D eigenvalue weighted by Gasteiger charge is -2.03. The molecule has 0 atom stereocenters. The molecule has 0 aliphatic rings. The first-order valence-corrected chi connectivity index (χ1v) is 4.52. The fourth-order valence-electron chi connectivity index (χ4n) is 0.899. The first-order chi connectivity index (χ1) is 6.24. The Morgan fingerprint density at radius 3 is 3.08 bits per heavy atom. The maximum atomic E-state index is 11.2. The minimum atomic E-state index is -0.0527. The van der Waals surface area contributed by atoms with E-state index < -0.39 is 0 Å². The monoisotopic (exact) mass is 198 g/mol. The van der Waals surface area contributed by atoms with Crippen molar-refractivity contribution in [2.45, 2.75) is 19.8 Å². The molecule has 0 spiro atoms. The molecular formula is C9H11ClN2O. The zero-order valence-corrected chi connectivity index (χ0v) is 8.14. The highest BCUT2D eigenvalue weighted by atomic mass is 35.5. The summed E-state index contributed by atoms with van der Waals surface area (Å²) in [5.74, 6) is 0.380. The van der Waals surface area contributed by atoms with Gasteiger partial charge in [0.15, 0.2) is 5.82 Å². The van der Waals surface area contributed by atoms with Gasteiger partial charge in [-0.1, -0.05) is 18.5 Å². The van der Waals surface area contributed by atoms with Gasteiger partial charge >= 0.3 is 0 Å². The Hall–Kier alpha value is -1.09. The quantitative estimate of drug-likeness (QED) is 0.811.